The molecule has 0 unspecified atom stereocenters. The maximum absolute atomic E-state index is 14.1. The van der Waals surface area contributed by atoms with Gasteiger partial charge < -0.3 is 19.8 Å². The van der Waals surface area contributed by atoms with Crippen LogP contribution in [0, 0.1) is 0 Å². The molecule has 1 aliphatic rings. The molecule has 2 atom stereocenters. The molecule has 9 nitrogen and oxygen atoms in total. The van der Waals surface area contributed by atoms with Crippen molar-refractivity contribution in [1.29, 1.82) is 0 Å². The summed E-state index contributed by atoms with van der Waals surface area (Å²) in [6, 6.07) is 29.1. The number of carbonyl (C=O) groups excluding carboxylic acids is 2. The smallest absolute Gasteiger partial charge is 0.407 e. The third kappa shape index (κ3) is 5.09. The topological polar surface area (TPSA) is 115 Å². The highest BCUT2D eigenvalue weighted by Crippen LogP contribution is 2.44. The highest BCUT2D eigenvalue weighted by atomic mass is 16.5. The first-order chi connectivity index (χ1) is 22.4. The molecule has 7 rings (SSSR count). The molecule has 0 radical (unpaired) electrons. The highest BCUT2D eigenvalue weighted by molar-refractivity contribution is 5.85. The first-order valence-corrected chi connectivity index (χ1v) is 15.2. The predicted octanol–water partition coefficient (Wildman–Crippen LogP) is 6.43. The molecule has 1 aliphatic carbocycles. The summed E-state index contributed by atoms with van der Waals surface area (Å²) < 4.78 is 12.4. The normalized spacial score (nSPS) is 13.6. The molecule has 0 spiro atoms. The van der Waals surface area contributed by atoms with E-state index in [1.54, 1.807) is 31.2 Å². The Labute approximate surface area is 264 Å². The van der Waals surface area contributed by atoms with E-state index >= 15 is 0 Å². The van der Waals surface area contributed by atoms with Gasteiger partial charge in [-0.1, -0.05) is 78.9 Å². The second-order valence-electron chi connectivity index (χ2n) is 11.5. The summed E-state index contributed by atoms with van der Waals surface area (Å²) in [4.78, 5) is 48.8. The van der Waals surface area contributed by atoms with Crippen molar-refractivity contribution >= 4 is 33.9 Å². The van der Waals surface area contributed by atoms with E-state index in [4.69, 9.17) is 14.5 Å². The van der Waals surface area contributed by atoms with Crippen LogP contribution in [0.2, 0.25) is 0 Å². The van der Waals surface area contributed by atoms with Crippen molar-refractivity contribution in [2.24, 2.45) is 0 Å². The highest BCUT2D eigenvalue weighted by Gasteiger charge is 2.32. The van der Waals surface area contributed by atoms with Crippen LogP contribution in [0.3, 0.4) is 0 Å². The van der Waals surface area contributed by atoms with Crippen LogP contribution in [0.4, 0.5) is 4.79 Å². The number of aromatic nitrogens is 3. The van der Waals surface area contributed by atoms with E-state index in [0.717, 1.165) is 38.7 Å². The lowest BCUT2D eigenvalue weighted by Gasteiger charge is -2.25. The average molecular weight is 613 g/mol. The minimum atomic E-state index is -1.05. The van der Waals surface area contributed by atoms with Crippen LogP contribution in [-0.4, -0.2) is 40.3 Å². The van der Waals surface area contributed by atoms with E-state index in [1.807, 2.05) is 54.7 Å². The number of rotatable bonds is 8. The summed E-state index contributed by atoms with van der Waals surface area (Å²) in [6.07, 6.45) is 1.34. The maximum atomic E-state index is 14.1. The fraction of sp³-hybridized carbons (Fsp3) is 0.189. The van der Waals surface area contributed by atoms with Crippen molar-refractivity contribution < 1.29 is 19.1 Å². The van der Waals surface area contributed by atoms with Gasteiger partial charge in [-0.2, -0.15) is 0 Å². The van der Waals surface area contributed by atoms with Gasteiger partial charge in [0.1, 0.15) is 18.5 Å². The quantitative estimate of drug-likeness (QED) is 0.191. The molecule has 4 aromatic carbocycles. The number of alkyl carbamates (subject to hydrolysis) is 1. The van der Waals surface area contributed by atoms with E-state index < -0.39 is 29.7 Å². The summed E-state index contributed by atoms with van der Waals surface area (Å²) in [5.74, 6) is -0.489. The molecule has 1 amide bonds. The number of amides is 1. The molecule has 9 heteroatoms. The Morgan fingerprint density at radius 2 is 1.52 bits per heavy atom. The molecule has 0 saturated heterocycles. The van der Waals surface area contributed by atoms with Crippen LogP contribution in [-0.2, 0) is 20.7 Å². The lowest BCUT2D eigenvalue weighted by molar-refractivity contribution is -0.144. The van der Waals surface area contributed by atoms with Gasteiger partial charge in [0.05, 0.1) is 24.1 Å². The summed E-state index contributed by atoms with van der Waals surface area (Å²) in [5, 5.41) is 4.15. The number of para-hydroxylation sites is 2. The molecule has 6 aromatic rings. The molecule has 0 aliphatic heterocycles. The standard InChI is InChI=1S/C37H32N4O5/c1-22(39-37(44)46-21-30-27-14-5-3-12-25(27)26-13-4-6-15-28(26)30)34-40-32-18-10-8-16-29(32)35(42)41(34)33(36(43)45-2)19-23-20-38-31-17-9-7-11-24(23)31/h3-18,20,22,30,33,38H,19,21H2,1-2H3,(H,39,44)/t22-,33-/m1/s1. The average Bonchev–Trinajstić information content (AvgIpc) is 3.64. The van der Waals surface area contributed by atoms with E-state index in [-0.39, 0.29) is 24.8 Å². The number of esters is 1. The Kier molecular flexibility index (Phi) is 7.58. The second kappa shape index (κ2) is 12.0. The van der Waals surface area contributed by atoms with Crippen molar-refractivity contribution in [3.8, 4) is 11.1 Å². The molecule has 0 saturated carbocycles. The minimum Gasteiger partial charge on any atom is -0.467 e. The zero-order valence-electron chi connectivity index (χ0n) is 25.4. The molecule has 0 fully saturated rings. The van der Waals surface area contributed by atoms with E-state index in [2.05, 4.69) is 34.6 Å². The molecule has 46 heavy (non-hydrogen) atoms. The third-order valence-corrected chi connectivity index (χ3v) is 8.77. The first kappa shape index (κ1) is 29.0. The van der Waals surface area contributed by atoms with Crippen molar-refractivity contribution in [1.82, 2.24) is 19.9 Å². The van der Waals surface area contributed by atoms with Crippen molar-refractivity contribution in [3.63, 3.8) is 0 Å². The number of nitrogens with one attached hydrogen (secondary N) is 2. The molecule has 0 bridgehead atoms. The summed E-state index contributed by atoms with van der Waals surface area (Å²) in [5.41, 5.74) is 6.28. The number of ether oxygens (including phenoxy) is 2. The number of hydrogen-bond acceptors (Lipinski definition) is 6. The van der Waals surface area contributed by atoms with Crippen LogP contribution in [0.5, 0.6) is 0 Å². The van der Waals surface area contributed by atoms with Gasteiger partial charge in [-0.3, -0.25) is 9.36 Å². The number of methoxy groups -OCH3 is 1. The molecule has 2 aromatic heterocycles. The summed E-state index contributed by atoms with van der Waals surface area (Å²) >= 11 is 0. The van der Waals surface area contributed by atoms with E-state index in [1.165, 1.54) is 11.7 Å². The largest absolute Gasteiger partial charge is 0.467 e. The number of benzene rings is 4. The number of aromatic amines is 1. The Bertz CT molecular complexity index is 2120. The number of hydrogen-bond donors (Lipinski definition) is 2. The molecular weight excluding hydrogens is 580 g/mol. The first-order valence-electron chi connectivity index (χ1n) is 15.2. The molecular formula is C37H32N4O5. The number of fused-ring (bicyclic) bond motifs is 5. The summed E-state index contributed by atoms with van der Waals surface area (Å²) in [6.45, 7) is 1.85. The zero-order chi connectivity index (χ0) is 31.8. The van der Waals surface area contributed by atoms with Gasteiger partial charge in [0, 0.05) is 29.4 Å². The van der Waals surface area contributed by atoms with Crippen molar-refractivity contribution in [3.05, 3.63) is 136 Å². The monoisotopic (exact) mass is 612 g/mol. The SMILES string of the molecule is COC(=O)[C@@H](Cc1c[nH]c2ccccc12)n1c([C@@H](C)NC(=O)OCC2c3ccccc3-c3ccccc32)nc2ccccc2c1=O. The van der Waals surface area contributed by atoms with Gasteiger partial charge in [0.15, 0.2) is 0 Å². The van der Waals surface area contributed by atoms with Crippen LogP contribution in [0.1, 0.15) is 47.4 Å². The van der Waals surface area contributed by atoms with Crippen LogP contribution in [0.25, 0.3) is 32.9 Å². The fourth-order valence-electron chi connectivity index (χ4n) is 6.58. The number of H-pyrrole nitrogens is 1. The molecule has 2 N–H and O–H groups in total. The Hall–Kier alpha value is -5.70. The van der Waals surface area contributed by atoms with E-state index in [9.17, 15) is 14.4 Å². The maximum Gasteiger partial charge on any atom is 0.407 e. The van der Waals surface area contributed by atoms with Crippen molar-refractivity contribution in [2.45, 2.75) is 31.3 Å². The van der Waals surface area contributed by atoms with E-state index in [0.29, 0.717) is 10.9 Å². The number of nitrogens with zero attached hydrogens (tertiary/aromatic N) is 2. The van der Waals surface area contributed by atoms with Crippen LogP contribution < -0.4 is 10.9 Å². The van der Waals surface area contributed by atoms with Gasteiger partial charge in [-0.25, -0.2) is 14.6 Å². The van der Waals surface area contributed by atoms with Gasteiger partial charge in [-0.15, -0.1) is 0 Å². The van der Waals surface area contributed by atoms with Crippen LogP contribution in [0.15, 0.2) is 108 Å². The fourth-order valence-corrected chi connectivity index (χ4v) is 6.58. The van der Waals surface area contributed by atoms with Gasteiger partial charge in [0.25, 0.3) is 5.56 Å². The van der Waals surface area contributed by atoms with Crippen molar-refractivity contribution in [2.75, 3.05) is 13.7 Å². The zero-order valence-corrected chi connectivity index (χ0v) is 25.4. The minimum absolute atomic E-state index is 0.106. The molecule has 2 heterocycles. The lowest BCUT2D eigenvalue weighted by atomic mass is 9.98. The Balaban J connectivity index is 1.20. The lowest BCUT2D eigenvalue weighted by Crippen LogP contribution is -2.39. The predicted molar refractivity (Wildman–Crippen MR) is 176 cm³/mol. The Morgan fingerprint density at radius 3 is 2.24 bits per heavy atom. The van der Waals surface area contributed by atoms with Gasteiger partial charge in [-0.05, 0) is 52.9 Å². The second-order valence-corrected chi connectivity index (χ2v) is 11.5. The van der Waals surface area contributed by atoms with Gasteiger partial charge >= 0.3 is 12.1 Å². The third-order valence-electron chi connectivity index (χ3n) is 8.77. The Morgan fingerprint density at radius 1 is 0.891 bits per heavy atom. The molecule has 230 valence electrons. The summed E-state index contributed by atoms with van der Waals surface area (Å²) in [7, 11) is 1.29. The van der Waals surface area contributed by atoms with Crippen LogP contribution >= 0.6 is 0 Å². The number of carbonyl (C=O) groups is 2. The van der Waals surface area contributed by atoms with Gasteiger partial charge in [0.2, 0.25) is 0 Å².